The van der Waals surface area contributed by atoms with Crippen molar-refractivity contribution >= 4 is 11.8 Å². The smallest absolute Gasteiger partial charge is 0.251 e. The fraction of sp³-hybridized carbons (Fsp3) is 0.194. The molecule has 0 aliphatic heterocycles. The Kier molecular flexibility index (Phi) is 8.60. The number of benzene rings is 3. The van der Waals surface area contributed by atoms with Crippen LogP contribution in [0, 0.1) is 0 Å². The minimum atomic E-state index is -0.128. The second-order valence-corrected chi connectivity index (χ2v) is 8.82. The summed E-state index contributed by atoms with van der Waals surface area (Å²) in [5.41, 5.74) is 5.44. The topological polar surface area (TPSA) is 71.1 Å². The number of aromatic nitrogens is 1. The number of rotatable bonds is 10. The molecule has 5 heteroatoms. The molecule has 182 valence electrons. The van der Waals surface area contributed by atoms with Crippen molar-refractivity contribution < 1.29 is 9.59 Å². The summed E-state index contributed by atoms with van der Waals surface area (Å²) in [7, 11) is 0. The van der Waals surface area contributed by atoms with E-state index < -0.39 is 0 Å². The lowest BCUT2D eigenvalue weighted by atomic mass is 9.94. The Balaban J connectivity index is 1.42. The Hall–Kier alpha value is -4.25. The SMILES string of the molecule is C[C@H](CC(=O)NCc1ccccc1-c1ccccc1C(=O)NCCc1ccccn1)c1ccccc1. The predicted octanol–water partition coefficient (Wildman–Crippen LogP) is 5.53. The van der Waals surface area contributed by atoms with Crippen LogP contribution in [0.1, 0.15) is 46.4 Å². The Morgan fingerprint density at radius 3 is 2.25 bits per heavy atom. The van der Waals surface area contributed by atoms with Gasteiger partial charge in [-0.05, 0) is 46.4 Å². The predicted molar refractivity (Wildman–Crippen MR) is 143 cm³/mol. The molecule has 0 radical (unpaired) electrons. The third kappa shape index (κ3) is 6.66. The molecule has 0 fully saturated rings. The summed E-state index contributed by atoms with van der Waals surface area (Å²) in [4.78, 5) is 30.0. The number of hydrogen-bond acceptors (Lipinski definition) is 3. The van der Waals surface area contributed by atoms with Crippen molar-refractivity contribution in [2.24, 2.45) is 0 Å². The Bertz CT molecular complexity index is 1290. The minimum Gasteiger partial charge on any atom is -0.352 e. The van der Waals surface area contributed by atoms with Crippen molar-refractivity contribution in [3.05, 3.63) is 126 Å². The van der Waals surface area contributed by atoms with Crippen molar-refractivity contribution in [1.29, 1.82) is 0 Å². The van der Waals surface area contributed by atoms with E-state index in [1.165, 1.54) is 0 Å². The van der Waals surface area contributed by atoms with E-state index in [1.807, 2.05) is 97.1 Å². The standard InChI is InChI=1S/C31H31N3O2/c1-23(24-11-3-2-4-12-24)21-30(35)34-22-25-13-5-6-15-27(25)28-16-7-8-17-29(28)31(36)33-20-18-26-14-9-10-19-32-26/h2-17,19,23H,18,20-22H2,1H3,(H,33,36)(H,34,35)/t23-/m1/s1. The Labute approximate surface area is 212 Å². The van der Waals surface area contributed by atoms with Gasteiger partial charge in [0, 0.05) is 43.4 Å². The normalized spacial score (nSPS) is 11.5. The minimum absolute atomic E-state index is 0.00158. The molecule has 0 saturated carbocycles. The van der Waals surface area contributed by atoms with Gasteiger partial charge in [0.25, 0.3) is 5.91 Å². The van der Waals surface area contributed by atoms with Crippen molar-refractivity contribution in [2.45, 2.75) is 32.2 Å². The molecule has 1 heterocycles. The second-order valence-electron chi connectivity index (χ2n) is 8.82. The zero-order chi connectivity index (χ0) is 25.2. The van der Waals surface area contributed by atoms with Crippen LogP contribution in [0.2, 0.25) is 0 Å². The van der Waals surface area contributed by atoms with E-state index in [0.29, 0.717) is 31.5 Å². The quantitative estimate of drug-likeness (QED) is 0.315. The third-order valence-electron chi connectivity index (χ3n) is 6.21. The van der Waals surface area contributed by atoms with Crippen molar-refractivity contribution in [1.82, 2.24) is 15.6 Å². The summed E-state index contributed by atoms with van der Waals surface area (Å²) in [5.74, 6) is 0.00992. The largest absolute Gasteiger partial charge is 0.352 e. The van der Waals surface area contributed by atoms with E-state index in [1.54, 1.807) is 6.20 Å². The highest BCUT2D eigenvalue weighted by molar-refractivity contribution is 6.01. The highest BCUT2D eigenvalue weighted by atomic mass is 16.2. The van der Waals surface area contributed by atoms with Crippen LogP contribution in [0.25, 0.3) is 11.1 Å². The number of nitrogens with zero attached hydrogens (tertiary/aromatic N) is 1. The molecule has 1 atom stereocenters. The number of carbonyl (C=O) groups excluding carboxylic acids is 2. The van der Waals surface area contributed by atoms with Crippen LogP contribution < -0.4 is 10.6 Å². The fourth-order valence-corrected chi connectivity index (χ4v) is 4.24. The van der Waals surface area contributed by atoms with Gasteiger partial charge in [-0.15, -0.1) is 0 Å². The highest BCUT2D eigenvalue weighted by Crippen LogP contribution is 2.27. The molecule has 0 spiro atoms. The van der Waals surface area contributed by atoms with Crippen LogP contribution in [0.3, 0.4) is 0 Å². The summed E-state index contributed by atoms with van der Waals surface area (Å²) >= 11 is 0. The average Bonchev–Trinajstić information content (AvgIpc) is 2.93. The molecule has 3 aromatic carbocycles. The first-order chi connectivity index (χ1) is 17.6. The lowest BCUT2D eigenvalue weighted by molar-refractivity contribution is -0.121. The van der Waals surface area contributed by atoms with Gasteiger partial charge in [0.2, 0.25) is 5.91 Å². The second kappa shape index (κ2) is 12.5. The van der Waals surface area contributed by atoms with Crippen LogP contribution >= 0.6 is 0 Å². The van der Waals surface area contributed by atoms with Crippen LogP contribution in [-0.2, 0) is 17.8 Å². The molecule has 2 N–H and O–H groups in total. The number of amides is 2. The van der Waals surface area contributed by atoms with E-state index in [0.717, 1.165) is 27.9 Å². The first kappa shape index (κ1) is 24.9. The summed E-state index contributed by atoms with van der Waals surface area (Å²) in [5, 5.41) is 6.08. The van der Waals surface area contributed by atoms with Gasteiger partial charge in [-0.3, -0.25) is 14.6 Å². The molecule has 0 bridgehead atoms. The molecule has 0 saturated heterocycles. The van der Waals surface area contributed by atoms with Crippen LogP contribution in [-0.4, -0.2) is 23.3 Å². The van der Waals surface area contributed by atoms with Crippen LogP contribution in [0.4, 0.5) is 0 Å². The maximum absolute atomic E-state index is 13.1. The molecule has 4 rings (SSSR count). The first-order valence-electron chi connectivity index (χ1n) is 12.3. The molecular formula is C31H31N3O2. The number of pyridine rings is 1. The molecule has 5 nitrogen and oxygen atoms in total. The van der Waals surface area contributed by atoms with Gasteiger partial charge in [-0.25, -0.2) is 0 Å². The number of hydrogen-bond donors (Lipinski definition) is 2. The van der Waals surface area contributed by atoms with Gasteiger partial charge >= 0.3 is 0 Å². The lowest BCUT2D eigenvalue weighted by Crippen LogP contribution is -2.26. The van der Waals surface area contributed by atoms with E-state index in [2.05, 4.69) is 22.5 Å². The van der Waals surface area contributed by atoms with E-state index in [-0.39, 0.29) is 17.7 Å². The molecule has 2 amide bonds. The molecular weight excluding hydrogens is 446 g/mol. The third-order valence-corrected chi connectivity index (χ3v) is 6.21. The molecule has 4 aromatic rings. The van der Waals surface area contributed by atoms with Crippen molar-refractivity contribution in [3.63, 3.8) is 0 Å². The molecule has 1 aromatic heterocycles. The maximum atomic E-state index is 13.1. The van der Waals surface area contributed by atoms with E-state index in [4.69, 9.17) is 0 Å². The average molecular weight is 478 g/mol. The van der Waals surface area contributed by atoms with Crippen molar-refractivity contribution in [2.75, 3.05) is 6.54 Å². The molecule has 36 heavy (non-hydrogen) atoms. The van der Waals surface area contributed by atoms with E-state index >= 15 is 0 Å². The fourth-order valence-electron chi connectivity index (χ4n) is 4.24. The Morgan fingerprint density at radius 2 is 1.47 bits per heavy atom. The summed E-state index contributed by atoms with van der Waals surface area (Å²) in [6, 6.07) is 31.3. The zero-order valence-corrected chi connectivity index (χ0v) is 20.5. The molecule has 0 aliphatic rings. The van der Waals surface area contributed by atoms with E-state index in [9.17, 15) is 9.59 Å². The summed E-state index contributed by atoms with van der Waals surface area (Å²) in [6.07, 6.45) is 2.84. The summed E-state index contributed by atoms with van der Waals surface area (Å²) < 4.78 is 0. The molecule has 0 aliphatic carbocycles. The van der Waals surface area contributed by atoms with Gasteiger partial charge in [-0.1, -0.05) is 85.8 Å². The zero-order valence-electron chi connectivity index (χ0n) is 20.5. The highest BCUT2D eigenvalue weighted by Gasteiger charge is 2.16. The number of nitrogens with one attached hydrogen (secondary N) is 2. The van der Waals surface area contributed by atoms with Gasteiger partial charge in [-0.2, -0.15) is 0 Å². The number of carbonyl (C=O) groups is 2. The van der Waals surface area contributed by atoms with Crippen LogP contribution in [0.15, 0.2) is 103 Å². The van der Waals surface area contributed by atoms with Crippen molar-refractivity contribution in [3.8, 4) is 11.1 Å². The van der Waals surface area contributed by atoms with Crippen LogP contribution in [0.5, 0.6) is 0 Å². The summed E-state index contributed by atoms with van der Waals surface area (Å²) in [6.45, 7) is 2.96. The maximum Gasteiger partial charge on any atom is 0.251 e. The first-order valence-corrected chi connectivity index (χ1v) is 12.3. The Morgan fingerprint density at radius 1 is 0.778 bits per heavy atom. The van der Waals surface area contributed by atoms with Gasteiger partial charge in [0.1, 0.15) is 0 Å². The molecule has 0 unspecified atom stereocenters. The van der Waals surface area contributed by atoms with Gasteiger partial charge < -0.3 is 10.6 Å². The monoisotopic (exact) mass is 477 g/mol. The van der Waals surface area contributed by atoms with Gasteiger partial charge in [0.15, 0.2) is 0 Å². The van der Waals surface area contributed by atoms with Gasteiger partial charge in [0.05, 0.1) is 0 Å². The lowest BCUT2D eigenvalue weighted by Gasteiger charge is -2.16.